The number of nitrogens with zero attached hydrogens (tertiary/aromatic N) is 1. The van der Waals surface area contributed by atoms with Crippen LogP contribution in [-0.2, 0) is 9.63 Å². The molecule has 2 rings (SSSR count). The summed E-state index contributed by atoms with van der Waals surface area (Å²) >= 11 is 7.75. The van der Waals surface area contributed by atoms with Gasteiger partial charge in [0.25, 0.3) is 5.91 Å². The number of rotatable bonds is 8. The van der Waals surface area contributed by atoms with Crippen LogP contribution in [0.3, 0.4) is 0 Å². The van der Waals surface area contributed by atoms with Gasteiger partial charge >= 0.3 is 0 Å². The van der Waals surface area contributed by atoms with Crippen molar-refractivity contribution in [3.63, 3.8) is 0 Å². The van der Waals surface area contributed by atoms with E-state index in [1.807, 2.05) is 30.5 Å². The second-order valence-electron chi connectivity index (χ2n) is 5.02. The number of benzene rings is 2. The number of hydrogen-bond acceptors (Lipinski definition) is 6. The zero-order chi connectivity index (χ0) is 18.9. The van der Waals surface area contributed by atoms with Crippen LogP contribution in [0.2, 0.25) is 5.02 Å². The van der Waals surface area contributed by atoms with E-state index in [2.05, 4.69) is 10.5 Å². The molecular formula is C18H19ClN2O4S. The Labute approximate surface area is 161 Å². The maximum atomic E-state index is 11.8. The van der Waals surface area contributed by atoms with E-state index in [4.69, 9.17) is 25.9 Å². The van der Waals surface area contributed by atoms with E-state index in [0.717, 1.165) is 4.90 Å². The lowest BCUT2D eigenvalue weighted by Crippen LogP contribution is -2.16. The van der Waals surface area contributed by atoms with Gasteiger partial charge in [0.15, 0.2) is 18.1 Å². The molecule has 0 aliphatic rings. The normalized spacial score (nSPS) is 10.6. The Morgan fingerprint density at radius 3 is 2.58 bits per heavy atom. The van der Waals surface area contributed by atoms with Crippen molar-refractivity contribution >= 4 is 41.2 Å². The minimum Gasteiger partial charge on any atom is -0.493 e. The van der Waals surface area contributed by atoms with Gasteiger partial charge in [0, 0.05) is 16.1 Å². The SMILES string of the molecule is COc1cc(/C=N/OCC(=O)Nc2ccc(SC)cc2)cc(Cl)c1OC. The largest absolute Gasteiger partial charge is 0.493 e. The van der Waals surface area contributed by atoms with E-state index < -0.39 is 0 Å². The van der Waals surface area contributed by atoms with Gasteiger partial charge in [-0.1, -0.05) is 16.8 Å². The molecular weight excluding hydrogens is 376 g/mol. The first-order valence-electron chi connectivity index (χ1n) is 7.58. The quantitative estimate of drug-likeness (QED) is 0.415. The van der Waals surface area contributed by atoms with Gasteiger partial charge in [0.05, 0.1) is 25.5 Å². The van der Waals surface area contributed by atoms with Gasteiger partial charge in [0.2, 0.25) is 0 Å². The molecule has 8 heteroatoms. The molecule has 2 aromatic carbocycles. The lowest BCUT2D eigenvalue weighted by atomic mass is 10.2. The topological polar surface area (TPSA) is 69.2 Å². The molecule has 0 aliphatic carbocycles. The van der Waals surface area contributed by atoms with Crippen LogP contribution in [0.4, 0.5) is 5.69 Å². The number of thioether (sulfide) groups is 1. The Hall–Kier alpha value is -2.38. The first-order chi connectivity index (χ1) is 12.6. The molecule has 0 fully saturated rings. The van der Waals surface area contributed by atoms with E-state index in [1.165, 1.54) is 20.4 Å². The van der Waals surface area contributed by atoms with Gasteiger partial charge in [-0.25, -0.2) is 0 Å². The van der Waals surface area contributed by atoms with Crippen LogP contribution in [0.5, 0.6) is 11.5 Å². The van der Waals surface area contributed by atoms with Gasteiger partial charge < -0.3 is 19.6 Å². The number of carbonyl (C=O) groups excluding carboxylic acids is 1. The predicted octanol–water partition coefficient (Wildman–Crippen LogP) is 4.07. The van der Waals surface area contributed by atoms with Crippen LogP contribution in [0.1, 0.15) is 5.56 Å². The van der Waals surface area contributed by atoms with Crippen LogP contribution < -0.4 is 14.8 Å². The fourth-order valence-electron chi connectivity index (χ4n) is 2.08. The zero-order valence-corrected chi connectivity index (χ0v) is 16.2. The summed E-state index contributed by atoms with van der Waals surface area (Å²) in [6.07, 6.45) is 3.43. The number of amides is 1. The number of oxime groups is 1. The number of hydrogen-bond donors (Lipinski definition) is 1. The number of anilines is 1. The number of methoxy groups -OCH3 is 2. The molecule has 0 spiro atoms. The smallest absolute Gasteiger partial charge is 0.265 e. The van der Waals surface area contributed by atoms with Crippen LogP contribution in [0.25, 0.3) is 0 Å². The van der Waals surface area contributed by atoms with Crippen molar-refractivity contribution in [3.05, 3.63) is 47.0 Å². The van der Waals surface area contributed by atoms with Crippen LogP contribution >= 0.6 is 23.4 Å². The molecule has 0 atom stereocenters. The lowest BCUT2D eigenvalue weighted by Gasteiger charge is -2.09. The highest BCUT2D eigenvalue weighted by Gasteiger charge is 2.10. The Morgan fingerprint density at radius 2 is 1.96 bits per heavy atom. The molecule has 0 heterocycles. The minimum absolute atomic E-state index is 0.207. The van der Waals surface area contributed by atoms with Gasteiger partial charge in [0.1, 0.15) is 0 Å². The molecule has 6 nitrogen and oxygen atoms in total. The molecule has 0 saturated heterocycles. The number of carbonyl (C=O) groups is 1. The Kier molecular flexibility index (Phi) is 7.62. The summed E-state index contributed by atoms with van der Waals surface area (Å²) < 4.78 is 10.4. The molecule has 0 saturated carbocycles. The summed E-state index contributed by atoms with van der Waals surface area (Å²) in [5.74, 6) is 0.622. The van der Waals surface area contributed by atoms with Gasteiger partial charge in [-0.3, -0.25) is 4.79 Å². The third-order valence-electron chi connectivity index (χ3n) is 3.30. The van der Waals surface area contributed by atoms with Crippen molar-refractivity contribution in [1.29, 1.82) is 0 Å². The fourth-order valence-corrected chi connectivity index (χ4v) is 2.78. The zero-order valence-electron chi connectivity index (χ0n) is 14.6. The van der Waals surface area contributed by atoms with E-state index in [0.29, 0.717) is 27.8 Å². The molecule has 2 aromatic rings. The van der Waals surface area contributed by atoms with E-state index in [9.17, 15) is 4.79 Å². The summed E-state index contributed by atoms with van der Waals surface area (Å²) in [6.45, 7) is -0.207. The van der Waals surface area contributed by atoms with Crippen LogP contribution in [0.15, 0.2) is 46.4 Å². The molecule has 26 heavy (non-hydrogen) atoms. The lowest BCUT2D eigenvalue weighted by molar-refractivity contribution is -0.120. The maximum Gasteiger partial charge on any atom is 0.265 e. The van der Waals surface area contributed by atoms with E-state index in [1.54, 1.807) is 23.9 Å². The van der Waals surface area contributed by atoms with Crippen molar-refractivity contribution in [2.24, 2.45) is 5.16 Å². The molecule has 0 aromatic heterocycles. The Bertz CT molecular complexity index is 782. The van der Waals surface area contributed by atoms with Gasteiger partial charge in [-0.05, 0) is 42.7 Å². The third kappa shape index (κ3) is 5.57. The van der Waals surface area contributed by atoms with Gasteiger partial charge in [-0.2, -0.15) is 0 Å². The predicted molar refractivity (Wildman–Crippen MR) is 105 cm³/mol. The fraction of sp³-hybridized carbons (Fsp3) is 0.222. The second kappa shape index (κ2) is 9.94. The highest BCUT2D eigenvalue weighted by atomic mass is 35.5. The first-order valence-corrected chi connectivity index (χ1v) is 9.18. The summed E-state index contributed by atoms with van der Waals surface area (Å²) in [5.41, 5.74) is 1.35. The van der Waals surface area contributed by atoms with Crippen molar-refractivity contribution in [2.75, 3.05) is 32.4 Å². The van der Waals surface area contributed by atoms with Crippen molar-refractivity contribution in [1.82, 2.24) is 0 Å². The molecule has 1 N–H and O–H groups in total. The molecule has 0 aliphatic heterocycles. The number of nitrogens with one attached hydrogen (secondary N) is 1. The summed E-state index contributed by atoms with van der Waals surface area (Å²) in [5, 5.41) is 6.90. The average molecular weight is 395 g/mol. The van der Waals surface area contributed by atoms with Crippen molar-refractivity contribution in [2.45, 2.75) is 4.90 Å². The maximum absolute atomic E-state index is 11.8. The number of halogens is 1. The minimum atomic E-state index is -0.301. The first kappa shape index (κ1) is 19.9. The monoisotopic (exact) mass is 394 g/mol. The molecule has 0 unspecified atom stereocenters. The summed E-state index contributed by atoms with van der Waals surface area (Å²) in [4.78, 5) is 18.0. The van der Waals surface area contributed by atoms with Crippen molar-refractivity contribution < 1.29 is 19.1 Å². The third-order valence-corrected chi connectivity index (χ3v) is 4.33. The highest BCUT2D eigenvalue weighted by molar-refractivity contribution is 7.98. The Balaban J connectivity index is 1.88. The second-order valence-corrected chi connectivity index (χ2v) is 6.31. The standard InChI is InChI=1S/C18H19ClN2O4S/c1-23-16-9-12(8-15(19)18(16)24-2)10-20-25-11-17(22)21-13-4-6-14(26-3)7-5-13/h4-10H,11H2,1-3H3,(H,21,22)/b20-10+. The summed E-state index contributed by atoms with van der Waals surface area (Å²) in [6, 6.07) is 10.9. The summed E-state index contributed by atoms with van der Waals surface area (Å²) in [7, 11) is 3.02. The van der Waals surface area contributed by atoms with E-state index >= 15 is 0 Å². The highest BCUT2D eigenvalue weighted by Crippen LogP contribution is 2.35. The van der Waals surface area contributed by atoms with Crippen molar-refractivity contribution in [3.8, 4) is 11.5 Å². The van der Waals surface area contributed by atoms with Crippen LogP contribution in [-0.4, -0.2) is 39.2 Å². The Morgan fingerprint density at radius 1 is 1.23 bits per heavy atom. The van der Waals surface area contributed by atoms with Crippen LogP contribution in [0, 0.1) is 0 Å². The van der Waals surface area contributed by atoms with E-state index in [-0.39, 0.29) is 12.5 Å². The molecule has 0 radical (unpaired) electrons. The number of ether oxygens (including phenoxy) is 2. The van der Waals surface area contributed by atoms with Gasteiger partial charge in [-0.15, -0.1) is 11.8 Å². The average Bonchev–Trinajstić information content (AvgIpc) is 2.65. The molecule has 0 bridgehead atoms. The molecule has 1 amide bonds. The molecule has 138 valence electrons.